The van der Waals surface area contributed by atoms with Gasteiger partial charge in [0, 0.05) is 89.9 Å². The van der Waals surface area contributed by atoms with Crippen LogP contribution in [0.5, 0.6) is 11.5 Å². The number of hydrogen-bond acceptors (Lipinski definition) is 18. The number of ether oxygens (including phenoxy) is 2. The van der Waals surface area contributed by atoms with Gasteiger partial charge in [0.15, 0.2) is 0 Å². The topological polar surface area (TPSA) is 226 Å². The Morgan fingerprint density at radius 3 is 1.46 bits per heavy atom. The van der Waals surface area contributed by atoms with Crippen molar-refractivity contribution in [3.8, 4) is 11.5 Å². The van der Waals surface area contributed by atoms with Gasteiger partial charge in [-0.25, -0.2) is 19.9 Å². The summed E-state index contributed by atoms with van der Waals surface area (Å²) in [6.07, 6.45) is 2.74. The van der Waals surface area contributed by atoms with Gasteiger partial charge in [0.2, 0.25) is 5.82 Å². The fraction of sp³-hybridized carbons (Fsp3) is 0.273. The largest absolute Gasteiger partial charge is 0.494 e. The number of nitrogens with zero attached hydrogens (tertiary/aromatic N) is 9. The Hall–Kier alpha value is -6.79. The zero-order chi connectivity index (χ0) is 49.0. The van der Waals surface area contributed by atoms with Gasteiger partial charge in [0.1, 0.15) is 53.1 Å². The van der Waals surface area contributed by atoms with Crippen molar-refractivity contribution < 1.29 is 23.7 Å². The molecule has 0 aliphatic rings. The number of rotatable bonds is 19. The zero-order valence-corrected chi connectivity index (χ0v) is 41.3. The van der Waals surface area contributed by atoms with Gasteiger partial charge in [-0.1, -0.05) is 44.0 Å². The molecule has 6 aromatic rings. The van der Waals surface area contributed by atoms with E-state index < -0.39 is 21.4 Å². The molecule has 5 N–H and O–H groups in total. The minimum absolute atomic E-state index is 0.0268. The van der Waals surface area contributed by atoms with Crippen molar-refractivity contribution in [3.63, 3.8) is 0 Å². The van der Waals surface area contributed by atoms with Crippen LogP contribution in [0.2, 0.25) is 0 Å². The van der Waals surface area contributed by atoms with Gasteiger partial charge >= 0.3 is 5.69 Å². The maximum atomic E-state index is 13.8. The Kier molecular flexibility index (Phi) is 20.8. The fourth-order valence-corrected chi connectivity index (χ4v) is 6.52. The third-order valence-corrected chi connectivity index (χ3v) is 10.1. The molecule has 6 rings (SSSR count). The number of methoxy groups -OCH3 is 2. The van der Waals surface area contributed by atoms with Crippen LogP contribution in [0, 0.1) is 26.0 Å². The summed E-state index contributed by atoms with van der Waals surface area (Å²) in [6.45, 7) is 3.58. The molecule has 0 aliphatic carbocycles. The first-order valence-corrected chi connectivity index (χ1v) is 21.9. The molecular weight excluding hydrogens is 999 g/mol. The second-order valence-electron chi connectivity index (χ2n) is 14.8. The van der Waals surface area contributed by atoms with Crippen LogP contribution in [0.1, 0.15) is 0 Å². The van der Waals surface area contributed by atoms with Crippen LogP contribution in [0.4, 0.5) is 67.5 Å². The van der Waals surface area contributed by atoms with E-state index >= 15 is 0 Å². The summed E-state index contributed by atoms with van der Waals surface area (Å²) in [5.74, 6) is 1.47. The van der Waals surface area contributed by atoms with Crippen molar-refractivity contribution in [2.24, 2.45) is 0 Å². The van der Waals surface area contributed by atoms with Gasteiger partial charge in [-0.3, -0.25) is 20.2 Å². The predicted octanol–water partition coefficient (Wildman–Crippen LogP) is 9.19. The molecular formula is C44H53Br2FN14O6. The Bertz CT molecular complexity index is 2580. The predicted molar refractivity (Wildman–Crippen MR) is 269 cm³/mol. The average Bonchev–Trinajstić information content (AvgIpc) is 3.28. The minimum atomic E-state index is -0.984. The van der Waals surface area contributed by atoms with Crippen LogP contribution in [0.15, 0.2) is 107 Å². The number of benzene rings is 4. The Balaban J connectivity index is 0.000000260. The highest BCUT2D eigenvalue weighted by Crippen LogP contribution is 2.39. The standard InChI is InChI=1S/C22H26BrN7O3.C17H13BrFN5O3.C5H14N2/c1-28(2)8-9-29(3)18-12-20(33-4)17(11-19(18)30(31)32)27-22-13-21(24-14-25-22)26-16-7-5-6-15(23)10-16;1-27-15-6-12(19)14(24(25)26)7-13(15)23-17-8-16(20-9-21-17)22-11-4-2-3-10(18)5-11;1-6-4-5-7(2)3/h5-7,10-14H,8-9H2,1-4H3,(H2,24,25,26,27);2-9H,1H3,(H2,20,21,22,23);6H,4-5H2,1-3H3. The highest BCUT2D eigenvalue weighted by molar-refractivity contribution is 9.10. The molecule has 0 atom stereocenters. The molecule has 4 aromatic carbocycles. The molecule has 2 heterocycles. The van der Waals surface area contributed by atoms with Crippen LogP contribution < -0.4 is 41.0 Å². The van der Waals surface area contributed by atoms with Gasteiger partial charge in [0.05, 0.1) is 35.4 Å². The molecule has 0 radical (unpaired) electrons. The lowest BCUT2D eigenvalue weighted by Crippen LogP contribution is -2.28. The van der Waals surface area contributed by atoms with E-state index in [2.05, 4.69) is 97.4 Å². The molecule has 356 valence electrons. The summed E-state index contributed by atoms with van der Waals surface area (Å²) in [4.78, 5) is 44.3. The highest BCUT2D eigenvalue weighted by atomic mass is 79.9. The molecule has 0 saturated carbocycles. The van der Waals surface area contributed by atoms with E-state index in [-0.39, 0.29) is 17.1 Å². The quantitative estimate of drug-likeness (QED) is 0.0376. The first kappa shape index (κ1) is 52.8. The number of halogens is 3. The Morgan fingerprint density at radius 1 is 0.612 bits per heavy atom. The van der Waals surface area contributed by atoms with Crippen LogP contribution >= 0.6 is 31.9 Å². The van der Waals surface area contributed by atoms with Crippen molar-refractivity contribution >= 4 is 94.9 Å². The molecule has 0 unspecified atom stereocenters. The summed E-state index contributed by atoms with van der Waals surface area (Å²) < 4.78 is 26.2. The molecule has 2 aromatic heterocycles. The van der Waals surface area contributed by atoms with Gasteiger partial charge in [-0.15, -0.1) is 0 Å². The Morgan fingerprint density at radius 2 is 1.06 bits per heavy atom. The number of nitro benzene ring substituents is 2. The van der Waals surface area contributed by atoms with Gasteiger partial charge in [-0.2, -0.15) is 4.39 Å². The SMILES string of the molecule is CNCCN(C)C.COc1cc(F)c([N+](=O)[O-])cc1Nc1cc(Nc2cccc(Br)c2)ncn1.COc1cc(N(C)CCN(C)C)c([N+](=O)[O-])cc1Nc1cc(Nc2cccc(Br)c2)ncn1. The molecule has 23 heteroatoms. The molecule has 0 aliphatic heterocycles. The maximum Gasteiger partial charge on any atom is 0.307 e. The first-order chi connectivity index (χ1) is 32.0. The van der Waals surface area contributed by atoms with E-state index in [4.69, 9.17) is 9.47 Å². The molecule has 0 fully saturated rings. The average molecular weight is 1050 g/mol. The number of hydrogen-bond donors (Lipinski definition) is 5. The van der Waals surface area contributed by atoms with Crippen molar-refractivity contribution in [1.29, 1.82) is 0 Å². The third-order valence-electron chi connectivity index (χ3n) is 9.12. The molecule has 20 nitrogen and oxygen atoms in total. The minimum Gasteiger partial charge on any atom is -0.494 e. The second-order valence-corrected chi connectivity index (χ2v) is 16.6. The number of aromatic nitrogens is 4. The van der Waals surface area contributed by atoms with Crippen molar-refractivity contribution in [2.75, 3.05) is 109 Å². The molecule has 0 bridgehead atoms. The third kappa shape index (κ3) is 17.2. The summed E-state index contributed by atoms with van der Waals surface area (Å²) in [5, 5.41) is 38.2. The number of likely N-dealkylation sites (N-methyl/N-ethyl adjacent to an activating group) is 4. The highest BCUT2D eigenvalue weighted by Gasteiger charge is 2.23. The van der Waals surface area contributed by atoms with Crippen LogP contribution in [0.3, 0.4) is 0 Å². The van der Waals surface area contributed by atoms with E-state index in [1.165, 1.54) is 32.9 Å². The van der Waals surface area contributed by atoms with E-state index in [9.17, 15) is 24.6 Å². The summed E-state index contributed by atoms with van der Waals surface area (Å²) >= 11 is 6.83. The number of anilines is 9. The normalized spacial score (nSPS) is 10.5. The van der Waals surface area contributed by atoms with Crippen LogP contribution in [-0.2, 0) is 0 Å². The lowest BCUT2D eigenvalue weighted by atomic mass is 10.2. The van der Waals surface area contributed by atoms with Crippen molar-refractivity contribution in [2.45, 2.75) is 0 Å². The molecule has 0 spiro atoms. The van der Waals surface area contributed by atoms with E-state index in [1.54, 1.807) is 18.2 Å². The maximum absolute atomic E-state index is 13.8. The lowest BCUT2D eigenvalue weighted by Gasteiger charge is -2.23. The number of nitro groups is 2. The Labute approximate surface area is 404 Å². The van der Waals surface area contributed by atoms with Gasteiger partial charge < -0.3 is 50.8 Å². The fourth-order valence-electron chi connectivity index (χ4n) is 5.72. The van der Waals surface area contributed by atoms with Crippen LogP contribution in [-0.4, -0.2) is 122 Å². The van der Waals surface area contributed by atoms with Crippen LogP contribution in [0.25, 0.3) is 0 Å². The van der Waals surface area contributed by atoms with Gasteiger partial charge in [0.25, 0.3) is 5.69 Å². The molecule has 0 saturated heterocycles. The zero-order valence-electron chi connectivity index (χ0n) is 38.2. The smallest absolute Gasteiger partial charge is 0.307 e. The summed E-state index contributed by atoms with van der Waals surface area (Å²) in [6, 6.07) is 23.6. The molecule has 0 amide bonds. The van der Waals surface area contributed by atoms with E-state index in [1.807, 2.05) is 86.5 Å². The monoisotopic (exact) mass is 1050 g/mol. The summed E-state index contributed by atoms with van der Waals surface area (Å²) in [5.41, 5.74) is 2.08. The second kappa shape index (κ2) is 26.4. The lowest BCUT2D eigenvalue weighted by molar-refractivity contribution is -0.387. The molecule has 67 heavy (non-hydrogen) atoms. The van der Waals surface area contributed by atoms with Gasteiger partial charge in [-0.05, 0) is 71.6 Å². The van der Waals surface area contributed by atoms with Crippen molar-refractivity contribution in [1.82, 2.24) is 35.1 Å². The summed E-state index contributed by atoms with van der Waals surface area (Å²) in [7, 11) is 14.7. The number of nitrogens with one attached hydrogen (secondary N) is 5. The van der Waals surface area contributed by atoms with E-state index in [0.717, 1.165) is 52.1 Å². The first-order valence-electron chi connectivity index (χ1n) is 20.3. The van der Waals surface area contributed by atoms with Crippen molar-refractivity contribution in [3.05, 3.63) is 133 Å². The van der Waals surface area contributed by atoms with E-state index in [0.29, 0.717) is 46.9 Å².